The Labute approximate surface area is 150 Å². The van der Waals surface area contributed by atoms with Crippen LogP contribution in [0.15, 0.2) is 36.4 Å². The van der Waals surface area contributed by atoms with Gasteiger partial charge in [-0.2, -0.15) is 4.39 Å². The second kappa shape index (κ2) is 10.2. The summed E-state index contributed by atoms with van der Waals surface area (Å²) in [5.41, 5.74) is 2.20. The summed E-state index contributed by atoms with van der Waals surface area (Å²) in [5.74, 6) is -1.75. The minimum Gasteiger partial charge on any atom is -0.490 e. The van der Waals surface area contributed by atoms with E-state index in [1.165, 1.54) is 24.5 Å². The second-order valence-electron chi connectivity index (χ2n) is 6.45. The second-order valence-corrected chi connectivity index (χ2v) is 6.45. The van der Waals surface area contributed by atoms with Gasteiger partial charge in [-0.1, -0.05) is 63.8 Å². The van der Waals surface area contributed by atoms with Gasteiger partial charge in [0.15, 0.2) is 11.6 Å². The highest BCUT2D eigenvalue weighted by molar-refractivity contribution is 5.65. The fourth-order valence-corrected chi connectivity index (χ4v) is 2.83. The molecule has 0 saturated heterocycles. The molecule has 0 atom stereocenters. The van der Waals surface area contributed by atoms with E-state index in [-0.39, 0.29) is 11.3 Å². The van der Waals surface area contributed by atoms with E-state index < -0.39 is 11.6 Å². The SMILES string of the molecule is CCCCCOc1ccc(-c2ccc(CCCCC)cc2)c(F)c1F. The van der Waals surface area contributed by atoms with Crippen molar-refractivity contribution < 1.29 is 13.5 Å². The fraction of sp³-hybridized carbons (Fsp3) is 0.455. The van der Waals surface area contributed by atoms with E-state index >= 15 is 0 Å². The van der Waals surface area contributed by atoms with E-state index in [0.717, 1.165) is 32.1 Å². The molecule has 0 fully saturated rings. The first-order valence-corrected chi connectivity index (χ1v) is 9.37. The number of hydrogen-bond acceptors (Lipinski definition) is 1. The van der Waals surface area contributed by atoms with Crippen molar-refractivity contribution in [2.45, 2.75) is 58.8 Å². The minimum absolute atomic E-state index is 0.00598. The number of ether oxygens (including phenoxy) is 1. The molecule has 25 heavy (non-hydrogen) atoms. The lowest BCUT2D eigenvalue weighted by Crippen LogP contribution is -2.01. The number of rotatable bonds is 10. The topological polar surface area (TPSA) is 9.23 Å². The monoisotopic (exact) mass is 346 g/mol. The van der Waals surface area contributed by atoms with Gasteiger partial charge < -0.3 is 4.74 Å². The van der Waals surface area contributed by atoms with Gasteiger partial charge in [0.2, 0.25) is 5.82 Å². The van der Waals surface area contributed by atoms with Gasteiger partial charge in [0.1, 0.15) is 0 Å². The van der Waals surface area contributed by atoms with Crippen molar-refractivity contribution in [2.75, 3.05) is 6.61 Å². The summed E-state index contributed by atoms with van der Waals surface area (Å²) in [6.07, 6.45) is 7.51. The molecule has 0 spiro atoms. The number of hydrogen-bond donors (Lipinski definition) is 0. The molecule has 0 N–H and O–H groups in total. The number of halogens is 2. The van der Waals surface area contributed by atoms with E-state index in [0.29, 0.717) is 12.2 Å². The molecule has 0 bridgehead atoms. The van der Waals surface area contributed by atoms with E-state index in [1.807, 2.05) is 24.3 Å². The van der Waals surface area contributed by atoms with Gasteiger partial charge in [-0.3, -0.25) is 0 Å². The Morgan fingerprint density at radius 1 is 0.760 bits per heavy atom. The summed E-state index contributed by atoms with van der Waals surface area (Å²) < 4.78 is 34.0. The van der Waals surface area contributed by atoms with Gasteiger partial charge in [0, 0.05) is 5.56 Å². The molecule has 2 aromatic carbocycles. The Morgan fingerprint density at radius 3 is 2.12 bits per heavy atom. The number of benzene rings is 2. The van der Waals surface area contributed by atoms with Gasteiger partial charge in [-0.05, 0) is 42.5 Å². The Hall–Kier alpha value is -1.90. The molecule has 3 heteroatoms. The van der Waals surface area contributed by atoms with Gasteiger partial charge in [-0.25, -0.2) is 4.39 Å². The third-order valence-electron chi connectivity index (χ3n) is 4.39. The molecule has 0 aromatic heterocycles. The first-order valence-electron chi connectivity index (χ1n) is 9.37. The van der Waals surface area contributed by atoms with Gasteiger partial charge >= 0.3 is 0 Å². The molecular formula is C22H28F2O. The maximum absolute atomic E-state index is 14.4. The highest BCUT2D eigenvalue weighted by atomic mass is 19.2. The number of unbranched alkanes of at least 4 members (excludes halogenated alkanes) is 4. The maximum atomic E-state index is 14.4. The minimum atomic E-state index is -0.902. The van der Waals surface area contributed by atoms with Crippen molar-refractivity contribution in [3.05, 3.63) is 53.6 Å². The normalized spacial score (nSPS) is 10.9. The summed E-state index contributed by atoms with van der Waals surface area (Å²) >= 11 is 0. The summed E-state index contributed by atoms with van der Waals surface area (Å²) in [6.45, 7) is 4.68. The quantitative estimate of drug-likeness (QED) is 0.424. The molecule has 0 saturated carbocycles. The lowest BCUT2D eigenvalue weighted by atomic mass is 10.0. The zero-order valence-corrected chi connectivity index (χ0v) is 15.3. The van der Waals surface area contributed by atoms with Crippen LogP contribution in [0.5, 0.6) is 5.75 Å². The molecular weight excluding hydrogens is 318 g/mol. The van der Waals surface area contributed by atoms with E-state index in [4.69, 9.17) is 4.74 Å². The Balaban J connectivity index is 2.07. The lowest BCUT2D eigenvalue weighted by Gasteiger charge is -2.11. The zero-order chi connectivity index (χ0) is 18.1. The molecule has 0 heterocycles. The van der Waals surface area contributed by atoms with Crippen molar-refractivity contribution in [1.29, 1.82) is 0 Å². The summed E-state index contributed by atoms with van der Waals surface area (Å²) in [7, 11) is 0. The average molecular weight is 346 g/mol. The molecule has 0 aliphatic carbocycles. The van der Waals surface area contributed by atoms with Crippen molar-refractivity contribution >= 4 is 0 Å². The zero-order valence-electron chi connectivity index (χ0n) is 15.3. The lowest BCUT2D eigenvalue weighted by molar-refractivity contribution is 0.286. The fourth-order valence-electron chi connectivity index (χ4n) is 2.83. The highest BCUT2D eigenvalue weighted by Gasteiger charge is 2.15. The third kappa shape index (κ3) is 5.55. The molecule has 0 unspecified atom stereocenters. The first-order chi connectivity index (χ1) is 12.2. The Bertz CT molecular complexity index is 650. The van der Waals surface area contributed by atoms with Gasteiger partial charge in [0.05, 0.1) is 6.61 Å². The molecule has 136 valence electrons. The van der Waals surface area contributed by atoms with E-state index in [9.17, 15) is 8.78 Å². The van der Waals surface area contributed by atoms with Crippen LogP contribution in [-0.4, -0.2) is 6.61 Å². The molecule has 1 nitrogen and oxygen atoms in total. The Kier molecular flexibility index (Phi) is 7.90. The maximum Gasteiger partial charge on any atom is 0.201 e. The highest BCUT2D eigenvalue weighted by Crippen LogP contribution is 2.30. The van der Waals surface area contributed by atoms with E-state index in [2.05, 4.69) is 13.8 Å². The first kappa shape index (κ1) is 19.4. The van der Waals surface area contributed by atoms with Gasteiger partial charge in [-0.15, -0.1) is 0 Å². The van der Waals surface area contributed by atoms with Crippen LogP contribution < -0.4 is 4.74 Å². The molecule has 2 rings (SSSR count). The van der Waals surface area contributed by atoms with Crippen LogP contribution in [0.3, 0.4) is 0 Å². The van der Waals surface area contributed by atoms with Gasteiger partial charge in [0.25, 0.3) is 0 Å². The predicted octanol–water partition coefficient (Wildman–Crippen LogP) is 6.93. The standard InChI is InChI=1S/C22H28F2O/c1-3-5-7-9-17-10-12-18(13-11-17)19-14-15-20(22(24)21(19)23)25-16-8-6-4-2/h10-15H,3-9,16H2,1-2H3. The molecule has 0 aliphatic rings. The predicted molar refractivity (Wildman–Crippen MR) is 100 cm³/mol. The summed E-state index contributed by atoms with van der Waals surface area (Å²) in [5, 5.41) is 0. The molecule has 0 radical (unpaired) electrons. The van der Waals surface area contributed by atoms with Crippen LogP contribution in [0.4, 0.5) is 8.78 Å². The number of aryl methyl sites for hydroxylation is 1. The van der Waals surface area contributed by atoms with Crippen LogP contribution in [0.2, 0.25) is 0 Å². The van der Waals surface area contributed by atoms with Crippen LogP contribution >= 0.6 is 0 Å². The van der Waals surface area contributed by atoms with Crippen molar-refractivity contribution in [3.63, 3.8) is 0 Å². The smallest absolute Gasteiger partial charge is 0.201 e. The van der Waals surface area contributed by atoms with Crippen LogP contribution in [0, 0.1) is 11.6 Å². The van der Waals surface area contributed by atoms with Crippen LogP contribution in [0.1, 0.15) is 57.9 Å². The third-order valence-corrected chi connectivity index (χ3v) is 4.39. The van der Waals surface area contributed by atoms with Crippen molar-refractivity contribution in [3.8, 4) is 16.9 Å². The molecule has 2 aromatic rings. The average Bonchev–Trinajstić information content (AvgIpc) is 2.63. The molecule has 0 aliphatic heterocycles. The largest absolute Gasteiger partial charge is 0.490 e. The van der Waals surface area contributed by atoms with E-state index in [1.54, 1.807) is 6.07 Å². The van der Waals surface area contributed by atoms with Crippen LogP contribution in [-0.2, 0) is 6.42 Å². The summed E-state index contributed by atoms with van der Waals surface area (Å²) in [6, 6.07) is 10.8. The van der Waals surface area contributed by atoms with Crippen LogP contribution in [0.25, 0.3) is 11.1 Å². The molecule has 0 amide bonds. The summed E-state index contributed by atoms with van der Waals surface area (Å²) in [4.78, 5) is 0. The Morgan fingerprint density at radius 2 is 1.44 bits per heavy atom. The van der Waals surface area contributed by atoms with Crippen molar-refractivity contribution in [1.82, 2.24) is 0 Å². The van der Waals surface area contributed by atoms with Crippen molar-refractivity contribution in [2.24, 2.45) is 0 Å².